The van der Waals surface area contributed by atoms with Crippen LogP contribution in [0.4, 0.5) is 4.39 Å². The fourth-order valence-electron chi connectivity index (χ4n) is 2.04. The summed E-state index contributed by atoms with van der Waals surface area (Å²) in [6.45, 7) is 4.92. The normalized spacial score (nSPS) is 13.5. The first kappa shape index (κ1) is 17.8. The molecule has 0 saturated carbocycles. The van der Waals surface area contributed by atoms with Crippen LogP contribution in [0.2, 0.25) is 0 Å². The van der Waals surface area contributed by atoms with Gasteiger partial charge in [0.2, 0.25) is 5.91 Å². The van der Waals surface area contributed by atoms with E-state index in [2.05, 4.69) is 5.32 Å². The zero-order valence-corrected chi connectivity index (χ0v) is 12.8. The van der Waals surface area contributed by atoms with Gasteiger partial charge in [-0.1, -0.05) is 32.9 Å². The van der Waals surface area contributed by atoms with Crippen LogP contribution in [0.25, 0.3) is 0 Å². The van der Waals surface area contributed by atoms with E-state index in [0.717, 1.165) is 6.07 Å². The van der Waals surface area contributed by atoms with Crippen LogP contribution in [-0.4, -0.2) is 28.8 Å². The van der Waals surface area contributed by atoms with Gasteiger partial charge < -0.3 is 10.4 Å². The van der Waals surface area contributed by atoms with Gasteiger partial charge in [0.1, 0.15) is 11.9 Å². The van der Waals surface area contributed by atoms with Gasteiger partial charge in [-0.25, -0.2) is 9.18 Å². The molecule has 0 fully saturated rings. The molecule has 0 aliphatic carbocycles. The second-order valence-corrected chi connectivity index (χ2v) is 5.61. The number of carboxylic acid groups (broad SMARTS) is 1. The number of carboxylic acids is 1. The Bertz CT molecular complexity index is 571. The zero-order chi connectivity index (χ0) is 16.9. The van der Waals surface area contributed by atoms with Gasteiger partial charge in [0.25, 0.3) is 0 Å². The summed E-state index contributed by atoms with van der Waals surface area (Å²) in [5.74, 6) is -3.44. The summed E-state index contributed by atoms with van der Waals surface area (Å²) in [6, 6.07) is 4.26. The van der Waals surface area contributed by atoms with Crippen molar-refractivity contribution in [1.29, 1.82) is 0 Å². The quantitative estimate of drug-likeness (QED) is 0.757. The summed E-state index contributed by atoms with van der Waals surface area (Å²) in [7, 11) is 0. The van der Waals surface area contributed by atoms with Crippen LogP contribution in [0.15, 0.2) is 24.3 Å². The van der Waals surface area contributed by atoms with E-state index in [1.54, 1.807) is 20.8 Å². The second kappa shape index (κ2) is 7.68. The lowest BCUT2D eigenvalue weighted by Gasteiger charge is -2.19. The minimum atomic E-state index is -1.12. The Morgan fingerprint density at radius 3 is 2.36 bits per heavy atom. The molecular formula is C16H20FNO4. The number of ketones is 1. The van der Waals surface area contributed by atoms with Crippen molar-refractivity contribution >= 4 is 17.7 Å². The first-order chi connectivity index (χ1) is 10.2. The summed E-state index contributed by atoms with van der Waals surface area (Å²) in [4.78, 5) is 35.0. The molecule has 22 heavy (non-hydrogen) atoms. The summed E-state index contributed by atoms with van der Waals surface area (Å²) < 4.78 is 13.1. The third kappa shape index (κ3) is 4.95. The highest BCUT2D eigenvalue weighted by atomic mass is 19.1. The maximum Gasteiger partial charge on any atom is 0.326 e. The molecular weight excluding hydrogens is 289 g/mol. The molecule has 0 bridgehead atoms. The van der Waals surface area contributed by atoms with E-state index in [0.29, 0.717) is 0 Å². The number of carbonyl (C=O) groups is 3. The average Bonchev–Trinajstić information content (AvgIpc) is 2.43. The third-order valence-corrected chi connectivity index (χ3v) is 3.30. The van der Waals surface area contributed by atoms with E-state index in [4.69, 9.17) is 5.11 Å². The topological polar surface area (TPSA) is 83.5 Å². The van der Waals surface area contributed by atoms with E-state index >= 15 is 0 Å². The number of aliphatic carboxylic acids is 1. The van der Waals surface area contributed by atoms with Crippen LogP contribution in [0, 0.1) is 17.7 Å². The Morgan fingerprint density at radius 2 is 1.86 bits per heavy atom. The Hall–Kier alpha value is -2.24. The van der Waals surface area contributed by atoms with Gasteiger partial charge in [0.15, 0.2) is 5.78 Å². The van der Waals surface area contributed by atoms with Crippen LogP contribution in [-0.2, 0) is 9.59 Å². The van der Waals surface area contributed by atoms with Crippen molar-refractivity contribution in [3.05, 3.63) is 35.6 Å². The monoisotopic (exact) mass is 309 g/mol. The molecule has 1 aromatic carbocycles. The SMILES string of the molecule is CC(CC(=O)N[C@@H](C(=O)O)C(C)C)C(=O)c1cccc(F)c1. The fraction of sp³-hybridized carbons (Fsp3) is 0.438. The van der Waals surface area contributed by atoms with Gasteiger partial charge in [-0.2, -0.15) is 0 Å². The van der Waals surface area contributed by atoms with Crippen LogP contribution >= 0.6 is 0 Å². The summed E-state index contributed by atoms with van der Waals surface area (Å²) in [5.41, 5.74) is 0.193. The molecule has 0 saturated heterocycles. The molecule has 2 atom stereocenters. The highest BCUT2D eigenvalue weighted by Gasteiger charge is 2.25. The number of amides is 1. The lowest BCUT2D eigenvalue weighted by molar-refractivity contribution is -0.143. The molecule has 1 rings (SSSR count). The predicted octanol–water partition coefficient (Wildman–Crippen LogP) is 2.26. The summed E-state index contributed by atoms with van der Waals surface area (Å²) >= 11 is 0. The number of hydrogen-bond donors (Lipinski definition) is 2. The molecule has 1 aromatic rings. The molecule has 0 heterocycles. The lowest BCUT2D eigenvalue weighted by Crippen LogP contribution is -2.45. The van der Waals surface area contributed by atoms with E-state index < -0.39 is 29.7 Å². The number of nitrogens with one attached hydrogen (secondary N) is 1. The zero-order valence-electron chi connectivity index (χ0n) is 12.8. The smallest absolute Gasteiger partial charge is 0.326 e. The molecule has 0 radical (unpaired) electrons. The van der Waals surface area contributed by atoms with Gasteiger partial charge in [-0.15, -0.1) is 0 Å². The molecule has 6 heteroatoms. The molecule has 1 amide bonds. The van der Waals surface area contributed by atoms with Crippen molar-refractivity contribution in [2.45, 2.75) is 33.2 Å². The summed E-state index contributed by atoms with van der Waals surface area (Å²) in [5, 5.41) is 11.4. The largest absolute Gasteiger partial charge is 0.480 e. The Kier molecular flexibility index (Phi) is 6.22. The van der Waals surface area contributed by atoms with Crippen LogP contribution in [0.5, 0.6) is 0 Å². The van der Waals surface area contributed by atoms with Crippen molar-refractivity contribution in [2.24, 2.45) is 11.8 Å². The third-order valence-electron chi connectivity index (χ3n) is 3.30. The Labute approximate surface area is 128 Å². The average molecular weight is 309 g/mol. The Morgan fingerprint density at radius 1 is 1.23 bits per heavy atom. The van der Waals surface area contributed by atoms with E-state index in [9.17, 15) is 18.8 Å². The van der Waals surface area contributed by atoms with Crippen molar-refractivity contribution in [2.75, 3.05) is 0 Å². The lowest BCUT2D eigenvalue weighted by atomic mass is 9.95. The van der Waals surface area contributed by atoms with Gasteiger partial charge >= 0.3 is 5.97 Å². The number of rotatable bonds is 7. The minimum Gasteiger partial charge on any atom is -0.480 e. The molecule has 120 valence electrons. The van der Waals surface area contributed by atoms with Crippen LogP contribution < -0.4 is 5.32 Å². The highest BCUT2D eigenvalue weighted by molar-refractivity contribution is 5.99. The molecule has 1 unspecified atom stereocenters. The predicted molar refractivity (Wildman–Crippen MR) is 78.9 cm³/mol. The van der Waals surface area contributed by atoms with Crippen molar-refractivity contribution in [3.8, 4) is 0 Å². The van der Waals surface area contributed by atoms with Crippen LogP contribution in [0.3, 0.4) is 0 Å². The highest BCUT2D eigenvalue weighted by Crippen LogP contribution is 2.14. The summed E-state index contributed by atoms with van der Waals surface area (Å²) in [6.07, 6.45) is -0.147. The molecule has 0 aromatic heterocycles. The molecule has 0 aliphatic rings. The second-order valence-electron chi connectivity index (χ2n) is 5.61. The minimum absolute atomic E-state index is 0.147. The fourth-order valence-corrected chi connectivity index (χ4v) is 2.04. The number of Topliss-reactive ketones (excluding diaryl/α,β-unsaturated/α-hetero) is 1. The van der Waals surface area contributed by atoms with Gasteiger partial charge in [0, 0.05) is 17.9 Å². The van der Waals surface area contributed by atoms with Gasteiger partial charge in [-0.3, -0.25) is 9.59 Å². The maximum absolute atomic E-state index is 13.1. The first-order valence-corrected chi connectivity index (χ1v) is 7.04. The van der Waals surface area contributed by atoms with Gasteiger partial charge in [-0.05, 0) is 18.1 Å². The van der Waals surface area contributed by atoms with Crippen LogP contribution in [0.1, 0.15) is 37.6 Å². The number of carbonyl (C=O) groups excluding carboxylic acids is 2. The van der Waals surface area contributed by atoms with Crippen molar-refractivity contribution in [1.82, 2.24) is 5.32 Å². The van der Waals surface area contributed by atoms with Gasteiger partial charge in [0.05, 0.1) is 0 Å². The number of hydrogen-bond acceptors (Lipinski definition) is 3. The van der Waals surface area contributed by atoms with E-state index in [1.807, 2.05) is 0 Å². The van der Waals surface area contributed by atoms with Crippen molar-refractivity contribution in [3.63, 3.8) is 0 Å². The van der Waals surface area contributed by atoms with E-state index in [-0.39, 0.29) is 23.7 Å². The molecule has 0 spiro atoms. The first-order valence-electron chi connectivity index (χ1n) is 7.04. The molecule has 5 nitrogen and oxygen atoms in total. The molecule has 2 N–H and O–H groups in total. The maximum atomic E-state index is 13.1. The number of halogens is 1. The standard InChI is InChI=1S/C16H20FNO4/c1-9(2)14(16(21)22)18-13(19)7-10(3)15(20)11-5-4-6-12(17)8-11/h4-6,8-10,14H,7H2,1-3H3,(H,18,19)(H,21,22)/t10?,14-/m1/s1. The van der Waals surface area contributed by atoms with Crippen molar-refractivity contribution < 1.29 is 23.9 Å². The number of benzene rings is 1. The molecule has 0 aliphatic heterocycles. The van der Waals surface area contributed by atoms with E-state index in [1.165, 1.54) is 18.2 Å². The Balaban J connectivity index is 2.67.